The van der Waals surface area contributed by atoms with E-state index in [4.69, 9.17) is 10.2 Å². The molecule has 1 fully saturated rings. The molecule has 1 rings (SSSR count). The third-order valence-electron chi connectivity index (χ3n) is 3.31. The molecule has 1 saturated heterocycles. The molecule has 0 saturated carbocycles. The highest BCUT2D eigenvalue weighted by molar-refractivity contribution is 5.75. The second kappa shape index (κ2) is 6.55. The summed E-state index contributed by atoms with van der Waals surface area (Å²) in [6, 6.07) is -0.509. The van der Waals surface area contributed by atoms with Crippen LogP contribution in [0.2, 0.25) is 0 Å². The number of carbonyl (C=O) groups excluding carboxylic acids is 1. The van der Waals surface area contributed by atoms with E-state index in [2.05, 4.69) is 5.32 Å². The van der Waals surface area contributed by atoms with Gasteiger partial charge in [-0.3, -0.25) is 0 Å². The van der Waals surface area contributed by atoms with E-state index >= 15 is 0 Å². The zero-order valence-electron chi connectivity index (χ0n) is 10.4. The molecule has 0 aromatic rings. The largest absolute Gasteiger partial charge is 0.479 e. The highest BCUT2D eigenvalue weighted by atomic mass is 16.4. The number of urea groups is 1. The van der Waals surface area contributed by atoms with E-state index in [1.165, 1.54) is 0 Å². The van der Waals surface area contributed by atoms with Gasteiger partial charge in [-0.15, -0.1) is 0 Å². The van der Waals surface area contributed by atoms with E-state index in [1.54, 1.807) is 4.90 Å². The average molecular weight is 260 g/mol. The first-order valence-corrected chi connectivity index (χ1v) is 6.03. The number of carbonyl (C=O) groups is 2. The molecule has 0 aromatic carbocycles. The second-order valence-corrected chi connectivity index (χ2v) is 4.58. The van der Waals surface area contributed by atoms with Crippen LogP contribution in [0.5, 0.6) is 0 Å². The van der Waals surface area contributed by atoms with Crippen molar-refractivity contribution < 1.29 is 24.9 Å². The molecule has 18 heavy (non-hydrogen) atoms. The van der Waals surface area contributed by atoms with Crippen molar-refractivity contribution in [1.82, 2.24) is 10.2 Å². The molecule has 7 nitrogen and oxygen atoms in total. The maximum atomic E-state index is 11.8. The van der Waals surface area contributed by atoms with E-state index in [0.717, 1.165) is 6.42 Å². The van der Waals surface area contributed by atoms with Crippen molar-refractivity contribution in [2.75, 3.05) is 19.7 Å². The number of nitrogens with zero attached hydrogens (tertiary/aromatic N) is 1. The number of carboxylic acid groups (broad SMARTS) is 1. The van der Waals surface area contributed by atoms with Crippen molar-refractivity contribution in [3.63, 3.8) is 0 Å². The molecule has 0 spiro atoms. The van der Waals surface area contributed by atoms with E-state index in [9.17, 15) is 14.7 Å². The molecule has 1 heterocycles. The fourth-order valence-electron chi connectivity index (χ4n) is 2.08. The molecule has 104 valence electrons. The third kappa shape index (κ3) is 3.58. The minimum absolute atomic E-state index is 0.0335. The van der Waals surface area contributed by atoms with E-state index in [-0.39, 0.29) is 37.6 Å². The molecule has 0 bridgehead atoms. The van der Waals surface area contributed by atoms with Crippen molar-refractivity contribution in [3.8, 4) is 0 Å². The lowest BCUT2D eigenvalue weighted by molar-refractivity contribution is -0.146. The summed E-state index contributed by atoms with van der Waals surface area (Å²) in [5, 5.41) is 29.3. The molecule has 4 N–H and O–H groups in total. The van der Waals surface area contributed by atoms with E-state index in [0.29, 0.717) is 6.54 Å². The summed E-state index contributed by atoms with van der Waals surface area (Å²) < 4.78 is 0. The van der Waals surface area contributed by atoms with Crippen molar-refractivity contribution >= 4 is 12.0 Å². The quantitative estimate of drug-likeness (QED) is 0.519. The van der Waals surface area contributed by atoms with Crippen molar-refractivity contribution in [3.05, 3.63) is 0 Å². The molecule has 1 aliphatic heterocycles. The van der Waals surface area contributed by atoms with Crippen LogP contribution in [0.25, 0.3) is 0 Å². The number of hydrogen-bond donors (Lipinski definition) is 4. The fourth-order valence-corrected chi connectivity index (χ4v) is 2.08. The van der Waals surface area contributed by atoms with Crippen LogP contribution in [-0.4, -0.2) is 64.1 Å². The van der Waals surface area contributed by atoms with Crippen LogP contribution in [0.3, 0.4) is 0 Å². The molecule has 0 aliphatic carbocycles. The van der Waals surface area contributed by atoms with Gasteiger partial charge >= 0.3 is 12.0 Å². The summed E-state index contributed by atoms with van der Waals surface area (Å²) in [5.74, 6) is -1.04. The summed E-state index contributed by atoms with van der Waals surface area (Å²) in [5.41, 5.74) is 0. The summed E-state index contributed by atoms with van der Waals surface area (Å²) in [6.45, 7) is 2.57. The number of rotatable bonds is 5. The first-order valence-electron chi connectivity index (χ1n) is 6.03. The molecule has 3 atom stereocenters. The number of amides is 2. The topological polar surface area (TPSA) is 110 Å². The van der Waals surface area contributed by atoms with Crippen LogP contribution < -0.4 is 5.32 Å². The van der Waals surface area contributed by atoms with Crippen LogP contribution >= 0.6 is 0 Å². The third-order valence-corrected chi connectivity index (χ3v) is 3.31. The Bertz CT molecular complexity index is 310. The number of likely N-dealkylation sites (tertiary alicyclic amines) is 1. The van der Waals surface area contributed by atoms with Gasteiger partial charge in [0.15, 0.2) is 6.10 Å². The van der Waals surface area contributed by atoms with Crippen molar-refractivity contribution in [1.29, 1.82) is 0 Å². The Balaban J connectivity index is 2.35. The highest BCUT2D eigenvalue weighted by Crippen LogP contribution is 2.23. The number of aliphatic hydroxyl groups is 2. The van der Waals surface area contributed by atoms with Gasteiger partial charge in [-0.2, -0.15) is 0 Å². The molecule has 7 heteroatoms. The van der Waals surface area contributed by atoms with Gasteiger partial charge in [-0.05, 0) is 12.3 Å². The van der Waals surface area contributed by atoms with Crippen LogP contribution in [0.15, 0.2) is 0 Å². The second-order valence-electron chi connectivity index (χ2n) is 4.58. The monoisotopic (exact) mass is 260 g/mol. The number of aliphatic hydroxyl groups excluding tert-OH is 2. The van der Waals surface area contributed by atoms with Gasteiger partial charge in [0.05, 0.1) is 12.6 Å². The highest BCUT2D eigenvalue weighted by Gasteiger charge is 2.33. The smallest absolute Gasteiger partial charge is 0.332 e. The van der Waals surface area contributed by atoms with Gasteiger partial charge in [-0.1, -0.05) is 6.92 Å². The summed E-state index contributed by atoms with van der Waals surface area (Å²) in [7, 11) is 0. The van der Waals surface area contributed by atoms with Gasteiger partial charge in [0.2, 0.25) is 0 Å². The Hall–Kier alpha value is -1.34. The number of carboxylic acids is 1. The van der Waals surface area contributed by atoms with Crippen LogP contribution in [0.4, 0.5) is 4.79 Å². The van der Waals surface area contributed by atoms with Crippen LogP contribution in [0.1, 0.15) is 19.8 Å². The lowest BCUT2D eigenvalue weighted by atomic mass is 10.0. The normalized spacial score (nSPS) is 24.9. The Labute approximate surface area is 105 Å². The van der Waals surface area contributed by atoms with Crippen LogP contribution in [0, 0.1) is 5.92 Å². The molecule has 2 amide bonds. The maximum Gasteiger partial charge on any atom is 0.332 e. The SMILES string of the molecule is CC1CCN(C(=O)NCC[C@H](O)C(=O)O)C1CO. The maximum absolute atomic E-state index is 11.8. The van der Waals surface area contributed by atoms with Gasteiger partial charge < -0.3 is 25.5 Å². The zero-order valence-corrected chi connectivity index (χ0v) is 10.4. The average Bonchev–Trinajstić information content (AvgIpc) is 2.69. The first kappa shape index (κ1) is 14.7. The fraction of sp³-hybridized carbons (Fsp3) is 0.818. The molecular formula is C11H20N2O5. The van der Waals surface area contributed by atoms with Gasteiger partial charge in [0, 0.05) is 19.5 Å². The minimum atomic E-state index is -1.46. The van der Waals surface area contributed by atoms with Gasteiger partial charge in [0.1, 0.15) is 0 Å². The van der Waals surface area contributed by atoms with Crippen LogP contribution in [-0.2, 0) is 4.79 Å². The van der Waals surface area contributed by atoms with Crippen molar-refractivity contribution in [2.45, 2.75) is 31.9 Å². The standard InChI is InChI=1S/C11H20N2O5/c1-7-3-5-13(8(7)6-14)11(18)12-4-2-9(15)10(16)17/h7-9,14-15H,2-6H2,1H3,(H,12,18)(H,16,17)/t7?,8?,9-/m0/s1. The predicted octanol–water partition coefficient (Wildman–Crippen LogP) is -0.766. The van der Waals surface area contributed by atoms with Crippen molar-refractivity contribution in [2.24, 2.45) is 5.92 Å². The molecular weight excluding hydrogens is 240 g/mol. The Morgan fingerprint density at radius 2 is 2.17 bits per heavy atom. The molecule has 0 radical (unpaired) electrons. The number of hydrogen-bond acceptors (Lipinski definition) is 4. The number of aliphatic carboxylic acids is 1. The Kier molecular flexibility index (Phi) is 5.36. The molecule has 1 aliphatic rings. The van der Waals surface area contributed by atoms with Gasteiger partial charge in [-0.25, -0.2) is 9.59 Å². The minimum Gasteiger partial charge on any atom is -0.479 e. The molecule has 2 unspecified atom stereocenters. The summed E-state index contributed by atoms with van der Waals surface area (Å²) in [4.78, 5) is 23.7. The zero-order chi connectivity index (χ0) is 13.7. The van der Waals surface area contributed by atoms with Gasteiger partial charge in [0.25, 0.3) is 0 Å². The Morgan fingerprint density at radius 3 is 2.72 bits per heavy atom. The summed E-state index contributed by atoms with van der Waals surface area (Å²) in [6.07, 6.45) is -0.651. The Morgan fingerprint density at radius 1 is 1.50 bits per heavy atom. The lowest BCUT2D eigenvalue weighted by Gasteiger charge is -2.25. The summed E-state index contributed by atoms with van der Waals surface area (Å²) >= 11 is 0. The first-order chi connectivity index (χ1) is 8.47. The molecule has 0 aromatic heterocycles. The number of nitrogens with one attached hydrogen (secondary N) is 1. The van der Waals surface area contributed by atoms with E-state index in [1.807, 2.05) is 6.92 Å². The van der Waals surface area contributed by atoms with E-state index < -0.39 is 12.1 Å². The lowest BCUT2D eigenvalue weighted by Crippen LogP contribution is -2.46. The predicted molar refractivity (Wildman–Crippen MR) is 63.0 cm³/mol.